The van der Waals surface area contributed by atoms with Gasteiger partial charge in [0.1, 0.15) is 11.6 Å². The zero-order valence-electron chi connectivity index (χ0n) is 9.21. The summed E-state index contributed by atoms with van der Waals surface area (Å²) in [4.78, 5) is 13.1. The summed E-state index contributed by atoms with van der Waals surface area (Å²) in [6, 6.07) is 2.56. The van der Waals surface area contributed by atoms with Crippen LogP contribution in [0.3, 0.4) is 0 Å². The Kier molecular flexibility index (Phi) is 3.95. The highest BCUT2D eigenvalue weighted by Gasteiger charge is 2.20. The fourth-order valence-corrected chi connectivity index (χ4v) is 1.21. The fraction of sp³-hybridized carbons (Fsp3) is 0.364. The summed E-state index contributed by atoms with van der Waals surface area (Å²) in [5.74, 6) is -1.95. The second kappa shape index (κ2) is 5.03. The number of carbonyl (C=O) groups excluding carboxylic acids is 1. The van der Waals surface area contributed by atoms with Gasteiger partial charge in [0.05, 0.1) is 5.56 Å². The normalized spacial score (nSPS) is 12.3. The van der Waals surface area contributed by atoms with E-state index in [0.717, 1.165) is 18.2 Å². The lowest BCUT2D eigenvalue weighted by Gasteiger charge is -2.23. The summed E-state index contributed by atoms with van der Waals surface area (Å²) in [7, 11) is 1.50. The average molecular weight is 228 g/mol. The van der Waals surface area contributed by atoms with E-state index in [-0.39, 0.29) is 18.2 Å². The van der Waals surface area contributed by atoms with E-state index >= 15 is 0 Å². The van der Waals surface area contributed by atoms with Crippen molar-refractivity contribution in [3.8, 4) is 0 Å². The lowest BCUT2D eigenvalue weighted by atomic mass is 10.1. The van der Waals surface area contributed by atoms with Gasteiger partial charge in [-0.05, 0) is 25.1 Å². The minimum atomic E-state index is -0.734. The topological polar surface area (TPSA) is 46.3 Å². The highest BCUT2D eigenvalue weighted by Crippen LogP contribution is 2.12. The van der Waals surface area contributed by atoms with Gasteiger partial charge in [0.25, 0.3) is 5.91 Å². The van der Waals surface area contributed by atoms with Crippen LogP contribution in [-0.4, -0.2) is 30.4 Å². The van der Waals surface area contributed by atoms with Crippen LogP contribution in [0, 0.1) is 11.6 Å². The molecule has 0 aliphatic rings. The van der Waals surface area contributed by atoms with Crippen LogP contribution in [0.2, 0.25) is 0 Å². The van der Waals surface area contributed by atoms with E-state index in [1.54, 1.807) is 6.92 Å². The molecular formula is C11H14F2N2O. The number of nitrogens with two attached hydrogens (primary N) is 1. The third kappa shape index (κ3) is 2.55. The number of carbonyl (C=O) groups is 1. The molecule has 1 aromatic carbocycles. The average Bonchev–Trinajstić information content (AvgIpc) is 2.29. The third-order valence-corrected chi connectivity index (χ3v) is 2.48. The zero-order valence-corrected chi connectivity index (χ0v) is 9.21. The maximum atomic E-state index is 13.3. The quantitative estimate of drug-likeness (QED) is 0.849. The second-order valence-corrected chi connectivity index (χ2v) is 3.62. The molecule has 0 spiro atoms. The first kappa shape index (κ1) is 12.6. The van der Waals surface area contributed by atoms with Gasteiger partial charge >= 0.3 is 0 Å². The van der Waals surface area contributed by atoms with Gasteiger partial charge in [0, 0.05) is 19.6 Å². The molecule has 0 fully saturated rings. The van der Waals surface area contributed by atoms with Crippen molar-refractivity contribution >= 4 is 5.91 Å². The highest BCUT2D eigenvalue weighted by molar-refractivity contribution is 5.94. The van der Waals surface area contributed by atoms with Gasteiger partial charge in [-0.1, -0.05) is 0 Å². The lowest BCUT2D eigenvalue weighted by molar-refractivity contribution is 0.0743. The first-order chi connectivity index (χ1) is 7.47. The predicted molar refractivity (Wildman–Crippen MR) is 57.0 cm³/mol. The van der Waals surface area contributed by atoms with Crippen LogP contribution in [0.25, 0.3) is 0 Å². The van der Waals surface area contributed by atoms with Gasteiger partial charge in [-0.25, -0.2) is 8.78 Å². The Balaban J connectivity index is 3.00. The summed E-state index contributed by atoms with van der Waals surface area (Å²) >= 11 is 0. The number of rotatable bonds is 3. The summed E-state index contributed by atoms with van der Waals surface area (Å²) in [6.07, 6.45) is 0. The number of hydrogen-bond acceptors (Lipinski definition) is 2. The number of nitrogens with zero attached hydrogens (tertiary/aromatic N) is 1. The van der Waals surface area contributed by atoms with E-state index in [9.17, 15) is 13.6 Å². The van der Waals surface area contributed by atoms with Crippen LogP contribution < -0.4 is 5.73 Å². The molecule has 0 aliphatic heterocycles. The largest absolute Gasteiger partial charge is 0.338 e. The van der Waals surface area contributed by atoms with Crippen molar-refractivity contribution in [3.63, 3.8) is 0 Å². The Bertz CT molecular complexity index is 396. The molecule has 1 amide bonds. The Hall–Kier alpha value is -1.49. The monoisotopic (exact) mass is 228 g/mol. The first-order valence-corrected chi connectivity index (χ1v) is 4.89. The number of amides is 1. The van der Waals surface area contributed by atoms with Gasteiger partial charge in [0.15, 0.2) is 0 Å². The van der Waals surface area contributed by atoms with E-state index in [0.29, 0.717) is 0 Å². The Morgan fingerprint density at radius 1 is 1.50 bits per heavy atom. The molecule has 0 heterocycles. The van der Waals surface area contributed by atoms with Crippen LogP contribution >= 0.6 is 0 Å². The third-order valence-electron chi connectivity index (χ3n) is 2.48. The number of halogens is 2. The number of likely N-dealkylation sites (N-methyl/N-ethyl adjacent to an activating group) is 1. The molecule has 1 unspecified atom stereocenters. The molecule has 88 valence electrons. The lowest BCUT2D eigenvalue weighted by Crippen LogP contribution is -2.40. The standard InChI is InChI=1S/C11H14F2N2O/c1-7(6-14)15(2)11(16)9-5-8(12)3-4-10(9)13/h3-5,7H,6,14H2,1-2H3. The molecule has 1 rings (SSSR count). The van der Waals surface area contributed by atoms with Gasteiger partial charge in [-0.2, -0.15) is 0 Å². The maximum absolute atomic E-state index is 13.3. The summed E-state index contributed by atoms with van der Waals surface area (Å²) in [5, 5.41) is 0. The van der Waals surface area contributed by atoms with Crippen molar-refractivity contribution in [1.29, 1.82) is 0 Å². The molecule has 0 bridgehead atoms. The maximum Gasteiger partial charge on any atom is 0.256 e. The van der Waals surface area contributed by atoms with Crippen molar-refractivity contribution in [2.45, 2.75) is 13.0 Å². The molecular weight excluding hydrogens is 214 g/mol. The molecule has 1 atom stereocenters. The van der Waals surface area contributed by atoms with Crippen molar-refractivity contribution < 1.29 is 13.6 Å². The summed E-state index contributed by atoms with van der Waals surface area (Å²) in [6.45, 7) is 1.99. The molecule has 3 nitrogen and oxygen atoms in total. The van der Waals surface area contributed by atoms with Crippen molar-refractivity contribution in [3.05, 3.63) is 35.4 Å². The van der Waals surface area contributed by atoms with Crippen molar-refractivity contribution in [2.75, 3.05) is 13.6 Å². The van der Waals surface area contributed by atoms with Gasteiger partial charge < -0.3 is 10.6 Å². The van der Waals surface area contributed by atoms with Crippen LogP contribution in [0.1, 0.15) is 17.3 Å². The SMILES string of the molecule is CC(CN)N(C)C(=O)c1cc(F)ccc1F. The zero-order chi connectivity index (χ0) is 12.3. The minimum Gasteiger partial charge on any atom is -0.338 e. The molecule has 16 heavy (non-hydrogen) atoms. The van der Waals surface area contributed by atoms with Crippen LogP contribution in [0.4, 0.5) is 8.78 Å². The molecule has 1 aromatic rings. The smallest absolute Gasteiger partial charge is 0.256 e. The predicted octanol–water partition coefficient (Wildman–Crippen LogP) is 1.38. The Labute approximate surface area is 92.8 Å². The Morgan fingerprint density at radius 2 is 2.12 bits per heavy atom. The van der Waals surface area contributed by atoms with Gasteiger partial charge in [0.2, 0.25) is 0 Å². The van der Waals surface area contributed by atoms with E-state index in [4.69, 9.17) is 5.73 Å². The van der Waals surface area contributed by atoms with Crippen molar-refractivity contribution in [2.24, 2.45) is 5.73 Å². The fourth-order valence-electron chi connectivity index (χ4n) is 1.21. The second-order valence-electron chi connectivity index (χ2n) is 3.62. The van der Waals surface area contributed by atoms with Crippen molar-refractivity contribution in [1.82, 2.24) is 4.90 Å². The summed E-state index contributed by atoms with van der Waals surface area (Å²) < 4.78 is 26.2. The number of hydrogen-bond donors (Lipinski definition) is 1. The molecule has 0 aliphatic carbocycles. The van der Waals surface area contributed by atoms with Crippen LogP contribution in [0.5, 0.6) is 0 Å². The van der Waals surface area contributed by atoms with E-state index in [1.807, 2.05) is 0 Å². The number of benzene rings is 1. The molecule has 0 radical (unpaired) electrons. The molecule has 0 saturated carbocycles. The molecule has 0 saturated heterocycles. The van der Waals surface area contributed by atoms with Crippen LogP contribution in [0.15, 0.2) is 18.2 Å². The van der Waals surface area contributed by atoms with E-state index < -0.39 is 17.5 Å². The van der Waals surface area contributed by atoms with E-state index in [1.165, 1.54) is 11.9 Å². The molecule has 2 N–H and O–H groups in total. The van der Waals surface area contributed by atoms with Gasteiger partial charge in [-0.3, -0.25) is 4.79 Å². The Morgan fingerprint density at radius 3 is 2.69 bits per heavy atom. The first-order valence-electron chi connectivity index (χ1n) is 4.89. The highest BCUT2D eigenvalue weighted by atomic mass is 19.1. The molecule has 0 aromatic heterocycles. The van der Waals surface area contributed by atoms with Crippen LogP contribution in [-0.2, 0) is 0 Å². The van der Waals surface area contributed by atoms with Gasteiger partial charge in [-0.15, -0.1) is 0 Å². The molecule has 5 heteroatoms. The van der Waals surface area contributed by atoms with E-state index in [2.05, 4.69) is 0 Å². The summed E-state index contributed by atoms with van der Waals surface area (Å²) in [5.41, 5.74) is 5.12. The minimum absolute atomic E-state index is 0.227.